The summed E-state index contributed by atoms with van der Waals surface area (Å²) in [6, 6.07) is 15.9. The normalized spacial score (nSPS) is 15.9. The van der Waals surface area contributed by atoms with Gasteiger partial charge in [0.15, 0.2) is 0 Å². The van der Waals surface area contributed by atoms with Crippen molar-refractivity contribution in [3.05, 3.63) is 74.5 Å². The minimum Gasteiger partial charge on any atom is -0.508 e. The third kappa shape index (κ3) is 19.9. The average Bonchev–Trinajstić information content (AvgIpc) is 3.75. The van der Waals surface area contributed by atoms with Crippen molar-refractivity contribution in [1.82, 2.24) is 0 Å². The number of aromatic hydroxyl groups is 1. The van der Waals surface area contributed by atoms with E-state index in [1.165, 1.54) is 81.8 Å². The monoisotopic (exact) mass is 698 g/mol. The van der Waals surface area contributed by atoms with Crippen LogP contribution < -0.4 is 4.74 Å². The summed E-state index contributed by atoms with van der Waals surface area (Å²) in [5, 5.41) is 9.01. The van der Waals surface area contributed by atoms with Gasteiger partial charge in [0.25, 0.3) is 0 Å². The third-order valence-corrected chi connectivity index (χ3v) is 9.48. The van der Waals surface area contributed by atoms with Gasteiger partial charge in [0.1, 0.15) is 17.1 Å². The van der Waals surface area contributed by atoms with Crippen LogP contribution >= 0.6 is 0 Å². The van der Waals surface area contributed by atoms with Crippen LogP contribution in [0.1, 0.15) is 169 Å². The largest absolute Gasteiger partial charge is 2.00 e. The summed E-state index contributed by atoms with van der Waals surface area (Å²) in [6.45, 7) is 19.9. The summed E-state index contributed by atoms with van der Waals surface area (Å²) in [7, 11) is 0. The second kappa shape index (κ2) is 26.8. The SMILES string of the molecule is C1CCCC1.CCC(C)C1CCCC1.CCC(C)c1ccc(O)cc1.CCC(C)c1ccc(OC(C)(C)CC)cc1.[CH3-].[CH3-].[Ru+2]. The predicted octanol–water partition coefficient (Wildman–Crippen LogP) is 13.7. The molecule has 0 aliphatic heterocycles. The van der Waals surface area contributed by atoms with E-state index in [4.69, 9.17) is 9.84 Å². The molecule has 3 unspecified atom stereocenters. The van der Waals surface area contributed by atoms with Crippen LogP contribution in [0.4, 0.5) is 0 Å². The average molecular weight is 698 g/mol. The van der Waals surface area contributed by atoms with E-state index in [2.05, 4.69) is 86.6 Å². The Hall–Kier alpha value is -1.34. The van der Waals surface area contributed by atoms with Crippen LogP contribution in [0, 0.1) is 26.7 Å². The van der Waals surface area contributed by atoms with Crippen LogP contribution in [-0.2, 0) is 19.5 Å². The summed E-state index contributed by atoms with van der Waals surface area (Å²) in [5.41, 5.74) is 2.62. The van der Waals surface area contributed by atoms with Crippen LogP contribution in [-0.4, -0.2) is 10.7 Å². The number of hydrogen-bond donors (Lipinski definition) is 1. The Morgan fingerprint density at radius 1 is 0.659 bits per heavy atom. The van der Waals surface area contributed by atoms with E-state index in [1.807, 2.05) is 12.1 Å². The number of rotatable bonds is 9. The molecule has 256 valence electrons. The Bertz CT molecular complexity index is 872. The number of phenols is 1. The van der Waals surface area contributed by atoms with Crippen molar-refractivity contribution >= 4 is 0 Å². The van der Waals surface area contributed by atoms with Crippen LogP contribution in [0.5, 0.6) is 11.5 Å². The van der Waals surface area contributed by atoms with Crippen LogP contribution in [0.3, 0.4) is 0 Å². The molecule has 0 bridgehead atoms. The van der Waals surface area contributed by atoms with Crippen LogP contribution in [0.25, 0.3) is 0 Å². The molecule has 3 heteroatoms. The van der Waals surface area contributed by atoms with E-state index >= 15 is 0 Å². The van der Waals surface area contributed by atoms with Gasteiger partial charge in [0.2, 0.25) is 0 Å². The summed E-state index contributed by atoms with van der Waals surface area (Å²) in [6.07, 6.45) is 18.2. The smallest absolute Gasteiger partial charge is 0.508 e. The van der Waals surface area contributed by atoms with Crippen molar-refractivity contribution < 1.29 is 29.3 Å². The van der Waals surface area contributed by atoms with Gasteiger partial charge in [-0.05, 0) is 92.2 Å². The summed E-state index contributed by atoms with van der Waals surface area (Å²) >= 11 is 0. The maximum Gasteiger partial charge on any atom is 2.00 e. The van der Waals surface area contributed by atoms with E-state index < -0.39 is 0 Å². The van der Waals surface area contributed by atoms with Gasteiger partial charge in [0.05, 0.1) is 0 Å². The number of hydrogen-bond acceptors (Lipinski definition) is 2. The Kier molecular flexibility index (Phi) is 28.7. The predicted molar refractivity (Wildman–Crippen MR) is 194 cm³/mol. The molecule has 2 saturated carbocycles. The van der Waals surface area contributed by atoms with Crippen molar-refractivity contribution in [3.8, 4) is 11.5 Å². The van der Waals surface area contributed by atoms with Gasteiger partial charge in [-0.15, -0.1) is 0 Å². The summed E-state index contributed by atoms with van der Waals surface area (Å²) in [5.74, 6) is 4.61. The molecule has 2 aromatic rings. The van der Waals surface area contributed by atoms with E-state index in [-0.39, 0.29) is 39.9 Å². The first-order chi connectivity index (χ1) is 19.6. The minimum atomic E-state index is -0.0715. The molecule has 44 heavy (non-hydrogen) atoms. The molecular weight excluding hydrogens is 626 g/mol. The van der Waals surface area contributed by atoms with Gasteiger partial charge in [-0.1, -0.05) is 137 Å². The standard InChI is InChI=1S/C15H24O.C10H14O.C9H18.C5H10.2CH3.Ru/c1-6-12(3)13-8-10-14(11-9-13)16-15(4,5)7-2;1-3-8(2)9-4-6-10(11)7-5-9;1-3-8(2)9-6-4-5-7-9;1-2-4-5-3-1;;;/h8-12H,6-7H2,1-5H3;4-8,11H,3H2,1-2H3;8-9H,3-7H2,1-2H3;1-5H2;2*1H3;/q;;;;2*-1;+2. The van der Waals surface area contributed by atoms with Gasteiger partial charge in [-0.3, -0.25) is 0 Å². The Balaban J connectivity index is -0.000000529. The van der Waals surface area contributed by atoms with E-state index in [0.29, 0.717) is 17.6 Å². The molecule has 1 N–H and O–H groups in total. The zero-order valence-corrected chi connectivity index (χ0v) is 32.6. The van der Waals surface area contributed by atoms with Gasteiger partial charge in [-0.2, -0.15) is 0 Å². The van der Waals surface area contributed by atoms with Crippen molar-refractivity contribution in [2.45, 2.75) is 163 Å². The number of phenolic OH excluding ortho intramolecular Hbond substituents is 1. The maximum atomic E-state index is 9.01. The quantitative estimate of drug-likeness (QED) is 0.209. The summed E-state index contributed by atoms with van der Waals surface area (Å²) in [4.78, 5) is 0. The Morgan fingerprint density at radius 2 is 1.05 bits per heavy atom. The molecule has 2 aliphatic rings. The molecule has 2 nitrogen and oxygen atoms in total. The number of benzene rings is 2. The van der Waals surface area contributed by atoms with Crippen molar-refractivity contribution in [2.75, 3.05) is 0 Å². The van der Waals surface area contributed by atoms with E-state index in [9.17, 15) is 0 Å². The zero-order chi connectivity index (χ0) is 30.7. The fourth-order valence-corrected chi connectivity index (χ4v) is 5.27. The van der Waals surface area contributed by atoms with Gasteiger partial charge in [-0.25, -0.2) is 0 Å². The Labute approximate surface area is 289 Å². The second-order valence-corrected chi connectivity index (χ2v) is 13.2. The molecule has 0 aromatic heterocycles. The maximum absolute atomic E-state index is 9.01. The van der Waals surface area contributed by atoms with Gasteiger partial charge >= 0.3 is 19.5 Å². The first kappa shape index (κ1) is 47.1. The van der Waals surface area contributed by atoms with Crippen molar-refractivity contribution in [3.63, 3.8) is 0 Å². The molecule has 0 amide bonds. The third-order valence-electron chi connectivity index (χ3n) is 9.48. The molecule has 2 aliphatic carbocycles. The van der Waals surface area contributed by atoms with Crippen LogP contribution in [0.2, 0.25) is 0 Å². The molecule has 4 rings (SSSR count). The molecular formula is C41H72O2Ru. The summed E-state index contributed by atoms with van der Waals surface area (Å²) < 4.78 is 5.92. The molecule has 2 fully saturated rings. The zero-order valence-electron chi connectivity index (χ0n) is 30.8. The van der Waals surface area contributed by atoms with E-state index in [1.54, 1.807) is 12.1 Å². The van der Waals surface area contributed by atoms with Gasteiger partial charge < -0.3 is 24.7 Å². The topological polar surface area (TPSA) is 29.5 Å². The van der Waals surface area contributed by atoms with Crippen LogP contribution in [0.15, 0.2) is 48.5 Å². The van der Waals surface area contributed by atoms with Gasteiger partial charge in [0, 0.05) is 0 Å². The Morgan fingerprint density at radius 3 is 1.39 bits per heavy atom. The van der Waals surface area contributed by atoms with Crippen molar-refractivity contribution in [1.29, 1.82) is 0 Å². The minimum absolute atomic E-state index is 0. The fourth-order valence-electron chi connectivity index (χ4n) is 5.27. The molecule has 2 aromatic carbocycles. The first-order valence-electron chi connectivity index (χ1n) is 17.1. The molecule has 0 radical (unpaired) electrons. The number of ether oxygens (including phenoxy) is 1. The molecule has 0 heterocycles. The second-order valence-electron chi connectivity index (χ2n) is 13.2. The van der Waals surface area contributed by atoms with E-state index in [0.717, 1.165) is 30.4 Å². The van der Waals surface area contributed by atoms with Crippen molar-refractivity contribution in [2.24, 2.45) is 11.8 Å². The molecule has 0 saturated heterocycles. The first-order valence-corrected chi connectivity index (χ1v) is 17.1. The molecule has 3 atom stereocenters. The molecule has 0 spiro atoms. The fraction of sp³-hybridized carbons (Fsp3) is 0.659.